The van der Waals surface area contributed by atoms with Crippen LogP contribution in [0.3, 0.4) is 0 Å². The molecule has 0 saturated carbocycles. The number of hydrogen-bond donors (Lipinski definition) is 0. The Morgan fingerprint density at radius 1 is 0.651 bits per heavy atom. The molecule has 11 nitrogen and oxygen atoms in total. The maximum Gasteiger partial charge on any atom is 0.335 e. The van der Waals surface area contributed by atoms with Crippen LogP contribution in [0.2, 0.25) is 0 Å². The third kappa shape index (κ3) is 6.98. The Balaban J connectivity index is 1.68. The highest BCUT2D eigenvalue weighted by Gasteiger charge is 2.20. The van der Waals surface area contributed by atoms with Crippen LogP contribution in [0.15, 0.2) is 99.3 Å². The topological polar surface area (TPSA) is 140 Å². The van der Waals surface area contributed by atoms with Gasteiger partial charge in [0.25, 0.3) is 0 Å². The summed E-state index contributed by atoms with van der Waals surface area (Å²) in [5, 5.41) is 0.940. The lowest BCUT2D eigenvalue weighted by Crippen LogP contribution is -2.10. The lowest BCUT2D eigenvalue weighted by atomic mass is 10.1. The average molecular weight is 581 g/mol. The lowest BCUT2D eigenvalue weighted by molar-refractivity contribution is -0.130. The summed E-state index contributed by atoms with van der Waals surface area (Å²) in [5.41, 5.74) is 0.724. The zero-order valence-corrected chi connectivity index (χ0v) is 22.7. The Labute approximate surface area is 245 Å². The van der Waals surface area contributed by atoms with Crippen LogP contribution in [0.1, 0.15) is 5.69 Å². The number of ether oxygens (including phenoxy) is 5. The van der Waals surface area contributed by atoms with Crippen LogP contribution < -0.4 is 23.7 Å². The van der Waals surface area contributed by atoms with E-state index in [1.807, 2.05) is 0 Å². The van der Waals surface area contributed by atoms with Gasteiger partial charge in [-0.25, -0.2) is 29.1 Å². The summed E-state index contributed by atoms with van der Waals surface area (Å²) >= 11 is 0. The monoisotopic (exact) mass is 580 g/mol. The zero-order chi connectivity index (χ0) is 30.9. The zero-order valence-electron chi connectivity index (χ0n) is 22.7. The second kappa shape index (κ2) is 13.5. The van der Waals surface area contributed by atoms with E-state index in [0.717, 1.165) is 24.3 Å². The number of nitrogens with zero attached hydrogens (tertiary/aromatic N) is 2. The van der Waals surface area contributed by atoms with E-state index in [1.165, 1.54) is 24.4 Å². The van der Waals surface area contributed by atoms with Gasteiger partial charge < -0.3 is 23.7 Å². The third-order valence-corrected chi connectivity index (χ3v) is 5.72. The molecule has 4 rings (SSSR count). The first-order chi connectivity index (χ1) is 20.8. The number of esters is 4. The second-order valence-electron chi connectivity index (χ2n) is 8.47. The quantitative estimate of drug-likeness (QED) is 0.130. The smallest absolute Gasteiger partial charge is 0.335 e. The van der Waals surface area contributed by atoms with Crippen molar-refractivity contribution in [1.29, 1.82) is 0 Å². The average Bonchev–Trinajstić information content (AvgIpc) is 3.03. The second-order valence-corrected chi connectivity index (χ2v) is 8.47. The molecular weight excluding hydrogens is 556 g/mol. The van der Waals surface area contributed by atoms with E-state index >= 15 is 0 Å². The fourth-order valence-electron chi connectivity index (χ4n) is 3.82. The van der Waals surface area contributed by atoms with Crippen LogP contribution in [-0.2, 0) is 25.6 Å². The van der Waals surface area contributed by atoms with Crippen molar-refractivity contribution in [3.8, 4) is 28.7 Å². The maximum absolute atomic E-state index is 12.2. The number of fused-ring (bicyclic) bond motifs is 2. The predicted molar refractivity (Wildman–Crippen MR) is 156 cm³/mol. The van der Waals surface area contributed by atoms with E-state index in [4.69, 9.17) is 23.7 Å². The van der Waals surface area contributed by atoms with Crippen molar-refractivity contribution in [1.82, 2.24) is 9.97 Å². The summed E-state index contributed by atoms with van der Waals surface area (Å²) in [6.07, 6.45) is 5.62. The predicted octanol–water partition coefficient (Wildman–Crippen LogP) is 4.77. The molecule has 0 spiro atoms. The van der Waals surface area contributed by atoms with Crippen LogP contribution in [0.25, 0.3) is 21.8 Å². The molecule has 0 radical (unpaired) electrons. The van der Waals surface area contributed by atoms with E-state index in [1.54, 1.807) is 24.3 Å². The highest BCUT2D eigenvalue weighted by Crippen LogP contribution is 2.42. The summed E-state index contributed by atoms with van der Waals surface area (Å²) in [5.74, 6) is -2.34. The van der Waals surface area contributed by atoms with Gasteiger partial charge in [0.1, 0.15) is 16.8 Å². The van der Waals surface area contributed by atoms with Gasteiger partial charge in [-0.15, -0.1) is 0 Å². The summed E-state index contributed by atoms with van der Waals surface area (Å²) < 4.78 is 27.4. The standard InChI is InChI=1S/C32H24N2O9/c1-5-26(35)40-22-13-14-23(41-27(36)6-2)31-30(22)33-18-19(34-31)15-16-39-25-17-24(42-28(37)7-3)20-11-9-10-12-21(20)32(25)43-29(38)8-4/h5-14,17-18H,1-4,15-16H2. The number of hydrogen-bond acceptors (Lipinski definition) is 11. The first-order valence-corrected chi connectivity index (χ1v) is 12.6. The van der Waals surface area contributed by atoms with Gasteiger partial charge in [-0.2, -0.15) is 0 Å². The molecule has 43 heavy (non-hydrogen) atoms. The van der Waals surface area contributed by atoms with E-state index < -0.39 is 23.9 Å². The first-order valence-electron chi connectivity index (χ1n) is 12.6. The minimum Gasteiger partial charge on any atom is -0.489 e. The summed E-state index contributed by atoms with van der Waals surface area (Å²) in [7, 11) is 0. The SMILES string of the molecule is C=CC(=O)Oc1cc(OCCc2cnc3c(OC(=O)C=C)ccc(OC(=O)C=C)c3n2)c(OC(=O)C=C)c2ccccc12. The van der Waals surface area contributed by atoms with Crippen LogP contribution in [0.5, 0.6) is 28.7 Å². The molecule has 1 heterocycles. The van der Waals surface area contributed by atoms with E-state index in [-0.39, 0.29) is 52.8 Å². The number of benzene rings is 3. The fourth-order valence-corrected chi connectivity index (χ4v) is 3.82. The Morgan fingerprint density at radius 2 is 1.19 bits per heavy atom. The van der Waals surface area contributed by atoms with Gasteiger partial charge in [-0.3, -0.25) is 0 Å². The Hall–Kier alpha value is -6.10. The first kappa shape index (κ1) is 29.9. The summed E-state index contributed by atoms with van der Waals surface area (Å²) in [6, 6.07) is 11.1. The summed E-state index contributed by atoms with van der Waals surface area (Å²) in [4.78, 5) is 56.8. The molecule has 0 unspecified atom stereocenters. The molecule has 1 aromatic heterocycles. The van der Waals surface area contributed by atoms with E-state index in [0.29, 0.717) is 16.5 Å². The van der Waals surface area contributed by atoms with Gasteiger partial charge in [-0.1, -0.05) is 50.6 Å². The van der Waals surface area contributed by atoms with Crippen molar-refractivity contribution >= 4 is 45.7 Å². The van der Waals surface area contributed by atoms with Gasteiger partial charge in [0.15, 0.2) is 23.0 Å². The Bertz CT molecular complexity index is 1810. The molecular formula is C32H24N2O9. The molecule has 0 atom stereocenters. The third-order valence-electron chi connectivity index (χ3n) is 5.72. The van der Waals surface area contributed by atoms with Crippen molar-refractivity contribution in [3.63, 3.8) is 0 Å². The van der Waals surface area contributed by atoms with Crippen molar-refractivity contribution < 1.29 is 42.9 Å². The minimum absolute atomic E-state index is 0.00106. The fraction of sp³-hybridized carbons (Fsp3) is 0.0625. The van der Waals surface area contributed by atoms with Gasteiger partial charge >= 0.3 is 23.9 Å². The van der Waals surface area contributed by atoms with Crippen molar-refractivity contribution in [3.05, 3.63) is 105 Å². The molecule has 0 bridgehead atoms. The largest absolute Gasteiger partial charge is 0.489 e. The van der Waals surface area contributed by atoms with E-state index in [2.05, 4.69) is 36.3 Å². The number of aromatic nitrogens is 2. The molecule has 0 aliphatic rings. The van der Waals surface area contributed by atoms with Gasteiger partial charge in [0.2, 0.25) is 0 Å². The van der Waals surface area contributed by atoms with E-state index in [9.17, 15) is 19.2 Å². The lowest BCUT2D eigenvalue weighted by Gasteiger charge is -2.16. The molecule has 0 saturated heterocycles. The molecule has 0 aliphatic heterocycles. The molecule has 0 amide bonds. The summed E-state index contributed by atoms with van der Waals surface area (Å²) in [6.45, 7) is 13.6. The van der Waals surface area contributed by atoms with Gasteiger partial charge in [-0.05, 0) is 12.1 Å². The molecule has 0 fully saturated rings. The molecule has 11 heteroatoms. The molecule has 216 valence electrons. The molecule has 0 N–H and O–H groups in total. The normalized spacial score (nSPS) is 10.3. The Kier molecular flexibility index (Phi) is 9.38. The highest BCUT2D eigenvalue weighted by molar-refractivity contribution is 6.00. The highest BCUT2D eigenvalue weighted by atomic mass is 16.6. The minimum atomic E-state index is -0.724. The van der Waals surface area contributed by atoms with Crippen molar-refractivity contribution in [2.75, 3.05) is 6.61 Å². The van der Waals surface area contributed by atoms with Gasteiger partial charge in [0, 0.05) is 53.8 Å². The van der Waals surface area contributed by atoms with Crippen LogP contribution in [0.4, 0.5) is 0 Å². The number of carbonyl (C=O) groups excluding carboxylic acids is 4. The molecule has 4 aromatic rings. The van der Waals surface area contributed by atoms with Gasteiger partial charge in [0.05, 0.1) is 12.3 Å². The number of rotatable bonds is 12. The maximum atomic E-state index is 12.2. The van der Waals surface area contributed by atoms with Crippen molar-refractivity contribution in [2.24, 2.45) is 0 Å². The van der Waals surface area contributed by atoms with Crippen LogP contribution >= 0.6 is 0 Å². The van der Waals surface area contributed by atoms with Crippen molar-refractivity contribution in [2.45, 2.75) is 6.42 Å². The molecule has 0 aliphatic carbocycles. The van der Waals surface area contributed by atoms with Crippen LogP contribution in [-0.4, -0.2) is 40.5 Å². The Morgan fingerprint density at radius 3 is 1.79 bits per heavy atom. The van der Waals surface area contributed by atoms with Crippen LogP contribution in [0, 0.1) is 0 Å². The molecule has 3 aromatic carbocycles. The number of carbonyl (C=O) groups is 4.